The molecule has 0 fully saturated rings. The molecule has 1 aromatic heterocycles. The summed E-state index contributed by atoms with van der Waals surface area (Å²) in [7, 11) is -3.51. The summed E-state index contributed by atoms with van der Waals surface area (Å²) < 4.78 is 27.3. The molecule has 1 heterocycles. The number of rotatable bonds is 8. The van der Waals surface area contributed by atoms with Crippen LogP contribution in [0.25, 0.3) is 23.1 Å². The number of hydrogen-bond donors (Lipinski definition) is 2. The lowest BCUT2D eigenvalue weighted by Gasteiger charge is -2.17. The molecule has 0 spiro atoms. The molecule has 0 unspecified atom stereocenters. The number of fused-ring (bicyclic) bond motifs is 1. The van der Waals surface area contributed by atoms with Gasteiger partial charge in [-0.05, 0) is 24.6 Å². The first-order chi connectivity index (χ1) is 13.9. The fourth-order valence-corrected chi connectivity index (χ4v) is 5.21. The maximum Gasteiger partial charge on any atom is 0.232 e. The minimum absolute atomic E-state index is 0.00357. The summed E-state index contributed by atoms with van der Waals surface area (Å²) in [5.41, 5.74) is 2.07. The molecule has 0 saturated carbocycles. The molecule has 0 bridgehead atoms. The Morgan fingerprint density at radius 1 is 1.14 bits per heavy atom. The number of nitrogens with zero attached hydrogens (tertiary/aromatic N) is 1. The molecule has 29 heavy (non-hydrogen) atoms. The van der Waals surface area contributed by atoms with Crippen molar-refractivity contribution >= 4 is 50.5 Å². The van der Waals surface area contributed by atoms with Gasteiger partial charge in [0.15, 0.2) is 0 Å². The molecule has 2 aromatic carbocycles. The number of aromatic hydroxyl groups is 1. The molecule has 3 rings (SSSR count). The Labute approximate surface area is 175 Å². The van der Waals surface area contributed by atoms with Crippen molar-refractivity contribution < 1.29 is 13.5 Å². The first kappa shape index (κ1) is 21.0. The number of pyridine rings is 1. The van der Waals surface area contributed by atoms with E-state index in [1.165, 1.54) is 23.9 Å². The quantitative estimate of drug-likeness (QED) is 0.463. The van der Waals surface area contributed by atoms with E-state index in [-0.39, 0.29) is 11.5 Å². The molecule has 150 valence electrons. The topological polar surface area (TPSA) is 79.3 Å². The highest BCUT2D eigenvalue weighted by atomic mass is 32.2. The molecule has 5 nitrogen and oxygen atoms in total. The Kier molecular flexibility index (Phi) is 6.30. The Balaban J connectivity index is 2.14. The van der Waals surface area contributed by atoms with Crippen LogP contribution < -0.4 is 4.72 Å². The SMILES string of the molecule is C=Cc1c(NS(=O)(=O)CCC)cc(Sc2cccc3cccnc23)c(O)c1C=C. The Morgan fingerprint density at radius 3 is 2.55 bits per heavy atom. The van der Waals surface area contributed by atoms with Gasteiger partial charge in [0, 0.05) is 27.6 Å². The van der Waals surface area contributed by atoms with Crippen LogP contribution in [0.5, 0.6) is 5.75 Å². The number of phenols is 1. The lowest BCUT2D eigenvalue weighted by molar-refractivity contribution is 0.461. The zero-order valence-electron chi connectivity index (χ0n) is 16.1. The average molecular weight is 427 g/mol. The molecule has 0 radical (unpaired) electrons. The van der Waals surface area contributed by atoms with Gasteiger partial charge < -0.3 is 5.11 Å². The molecule has 0 atom stereocenters. The van der Waals surface area contributed by atoms with Crippen molar-refractivity contribution in [3.63, 3.8) is 0 Å². The molecule has 0 aliphatic rings. The van der Waals surface area contributed by atoms with E-state index in [4.69, 9.17) is 0 Å². The highest BCUT2D eigenvalue weighted by Gasteiger charge is 2.19. The van der Waals surface area contributed by atoms with Crippen molar-refractivity contribution in [2.45, 2.75) is 23.1 Å². The van der Waals surface area contributed by atoms with E-state index in [2.05, 4.69) is 22.9 Å². The van der Waals surface area contributed by atoms with Gasteiger partial charge in [-0.2, -0.15) is 0 Å². The van der Waals surface area contributed by atoms with Gasteiger partial charge in [0.05, 0.1) is 21.9 Å². The number of phenolic OH excluding ortho intramolecular Hbond substituents is 1. The smallest absolute Gasteiger partial charge is 0.232 e. The van der Waals surface area contributed by atoms with Crippen LogP contribution in [0.2, 0.25) is 0 Å². The summed E-state index contributed by atoms with van der Waals surface area (Å²) in [6, 6.07) is 11.2. The first-order valence-electron chi connectivity index (χ1n) is 9.07. The van der Waals surface area contributed by atoms with E-state index in [0.717, 1.165) is 15.8 Å². The lowest BCUT2D eigenvalue weighted by atomic mass is 10.0. The van der Waals surface area contributed by atoms with Crippen LogP contribution in [0, 0.1) is 0 Å². The Bertz CT molecular complexity index is 1180. The van der Waals surface area contributed by atoms with Gasteiger partial charge in [-0.25, -0.2) is 8.42 Å². The monoisotopic (exact) mass is 426 g/mol. The van der Waals surface area contributed by atoms with Crippen LogP contribution >= 0.6 is 11.8 Å². The number of para-hydroxylation sites is 1. The summed E-state index contributed by atoms with van der Waals surface area (Å²) in [6.07, 6.45) is 5.21. The van der Waals surface area contributed by atoms with E-state index in [9.17, 15) is 13.5 Å². The van der Waals surface area contributed by atoms with Crippen LogP contribution in [0.1, 0.15) is 24.5 Å². The van der Waals surface area contributed by atoms with Crippen LogP contribution in [-0.4, -0.2) is 24.3 Å². The predicted molar refractivity (Wildman–Crippen MR) is 122 cm³/mol. The summed E-state index contributed by atoms with van der Waals surface area (Å²) in [5.74, 6) is 0.0233. The second-order valence-electron chi connectivity index (χ2n) is 6.36. The molecule has 3 aromatic rings. The zero-order valence-corrected chi connectivity index (χ0v) is 17.7. The minimum atomic E-state index is -3.51. The minimum Gasteiger partial charge on any atom is -0.506 e. The molecule has 0 saturated heterocycles. The normalized spacial score (nSPS) is 11.3. The van der Waals surface area contributed by atoms with Crippen LogP contribution in [0.15, 0.2) is 65.5 Å². The van der Waals surface area contributed by atoms with E-state index in [1.54, 1.807) is 19.2 Å². The van der Waals surface area contributed by atoms with Gasteiger partial charge in [0.2, 0.25) is 10.0 Å². The average Bonchev–Trinajstić information content (AvgIpc) is 2.69. The van der Waals surface area contributed by atoms with Crippen molar-refractivity contribution in [1.29, 1.82) is 0 Å². The molecule has 7 heteroatoms. The molecule has 0 amide bonds. The highest BCUT2D eigenvalue weighted by Crippen LogP contribution is 2.43. The summed E-state index contributed by atoms with van der Waals surface area (Å²) in [5, 5.41) is 11.8. The third-order valence-corrected chi connectivity index (χ3v) is 6.86. The Morgan fingerprint density at radius 2 is 1.86 bits per heavy atom. The number of benzene rings is 2. The van der Waals surface area contributed by atoms with Gasteiger partial charge in [-0.3, -0.25) is 9.71 Å². The van der Waals surface area contributed by atoms with Crippen molar-refractivity contribution in [3.8, 4) is 5.75 Å². The summed E-state index contributed by atoms with van der Waals surface area (Å²) in [4.78, 5) is 5.79. The van der Waals surface area contributed by atoms with Crippen LogP contribution in [0.3, 0.4) is 0 Å². The number of sulfonamides is 1. The van der Waals surface area contributed by atoms with Crippen molar-refractivity contribution in [1.82, 2.24) is 4.98 Å². The van der Waals surface area contributed by atoms with Gasteiger partial charge in [0.1, 0.15) is 5.75 Å². The third-order valence-electron chi connectivity index (χ3n) is 4.31. The molecular formula is C22H22N2O3S2. The van der Waals surface area contributed by atoms with Crippen molar-refractivity contribution in [2.24, 2.45) is 0 Å². The molecule has 0 aliphatic carbocycles. The lowest BCUT2D eigenvalue weighted by Crippen LogP contribution is -2.17. The molecule has 0 aliphatic heterocycles. The molecule has 2 N–H and O–H groups in total. The van der Waals surface area contributed by atoms with Crippen molar-refractivity contribution in [3.05, 3.63) is 66.9 Å². The fraction of sp³-hybridized carbons (Fsp3) is 0.136. The fourth-order valence-electron chi connectivity index (χ4n) is 3.04. The number of nitrogens with one attached hydrogen (secondary N) is 1. The van der Waals surface area contributed by atoms with E-state index >= 15 is 0 Å². The van der Waals surface area contributed by atoms with Gasteiger partial charge >= 0.3 is 0 Å². The van der Waals surface area contributed by atoms with Gasteiger partial charge in [0.25, 0.3) is 0 Å². The van der Waals surface area contributed by atoms with E-state index < -0.39 is 10.0 Å². The Hall–Kier alpha value is -2.77. The second-order valence-corrected chi connectivity index (χ2v) is 9.29. The van der Waals surface area contributed by atoms with E-state index in [1.807, 2.05) is 30.3 Å². The van der Waals surface area contributed by atoms with Crippen LogP contribution in [0.4, 0.5) is 5.69 Å². The second kappa shape index (κ2) is 8.71. The molecular weight excluding hydrogens is 404 g/mol. The largest absolute Gasteiger partial charge is 0.506 e. The third kappa shape index (κ3) is 4.46. The standard InChI is InChI=1S/C22H22N2O3S2/c1-4-13-29(26,27)24-18-14-20(22(25)17(6-3)16(18)5-2)28-19-11-7-9-15-10-8-12-23-21(15)19/h5-12,14,24-25H,2-4,13H2,1H3. The first-order valence-corrected chi connectivity index (χ1v) is 11.5. The maximum atomic E-state index is 12.3. The predicted octanol–water partition coefficient (Wildman–Crippen LogP) is 5.53. The zero-order chi connectivity index (χ0) is 21.0. The van der Waals surface area contributed by atoms with Gasteiger partial charge in [-0.1, -0.05) is 62.2 Å². The van der Waals surface area contributed by atoms with Gasteiger partial charge in [-0.15, -0.1) is 0 Å². The van der Waals surface area contributed by atoms with E-state index in [0.29, 0.717) is 28.1 Å². The maximum absolute atomic E-state index is 12.3. The number of aromatic nitrogens is 1. The number of anilines is 1. The number of hydrogen-bond acceptors (Lipinski definition) is 5. The van der Waals surface area contributed by atoms with Crippen molar-refractivity contribution in [2.75, 3.05) is 10.5 Å². The highest BCUT2D eigenvalue weighted by molar-refractivity contribution is 7.99. The summed E-state index contributed by atoms with van der Waals surface area (Å²) >= 11 is 1.32. The summed E-state index contributed by atoms with van der Waals surface area (Å²) in [6.45, 7) is 9.33. The van der Waals surface area contributed by atoms with Crippen LogP contribution in [-0.2, 0) is 10.0 Å².